The number of nitrogens with one attached hydrogen (secondary N) is 1. The maximum absolute atomic E-state index is 3.64. The molecule has 0 aliphatic rings. The van der Waals surface area contributed by atoms with Gasteiger partial charge in [-0.05, 0) is 69.9 Å². The van der Waals surface area contributed by atoms with Crippen LogP contribution in [-0.4, -0.2) is 7.05 Å². The van der Waals surface area contributed by atoms with Gasteiger partial charge in [-0.2, -0.15) is 0 Å². The molecule has 1 heterocycles. The van der Waals surface area contributed by atoms with Crippen molar-refractivity contribution in [3.05, 3.63) is 54.1 Å². The molecule has 4 heteroatoms. The van der Waals surface area contributed by atoms with E-state index >= 15 is 0 Å². The van der Waals surface area contributed by atoms with Gasteiger partial charge in [0.25, 0.3) is 0 Å². The predicted octanol–water partition coefficient (Wildman–Crippen LogP) is 5.20. The van der Waals surface area contributed by atoms with Gasteiger partial charge in [-0.15, -0.1) is 11.3 Å². The molecule has 1 aromatic heterocycles. The van der Waals surface area contributed by atoms with Crippen LogP contribution in [-0.2, 0) is 0 Å². The van der Waals surface area contributed by atoms with Crippen molar-refractivity contribution in [3.8, 4) is 0 Å². The Balaban J connectivity index is 2.48. The van der Waals surface area contributed by atoms with Crippen molar-refractivity contribution in [2.45, 2.75) is 19.9 Å². The fraction of sp³-hybridized carbons (Fsp3) is 0.286. The van der Waals surface area contributed by atoms with Crippen LogP contribution in [0.5, 0.6) is 0 Å². The van der Waals surface area contributed by atoms with E-state index in [1.807, 2.05) is 7.05 Å². The van der Waals surface area contributed by atoms with E-state index in [9.17, 15) is 0 Å². The number of rotatable bonds is 3. The van der Waals surface area contributed by atoms with E-state index < -0.39 is 0 Å². The molecule has 0 fully saturated rings. The van der Waals surface area contributed by atoms with Crippen molar-refractivity contribution in [1.29, 1.82) is 0 Å². The molecular weight excluding hydrogens is 374 g/mol. The van der Waals surface area contributed by atoms with Gasteiger partial charge >= 0.3 is 0 Å². The van der Waals surface area contributed by atoms with Gasteiger partial charge in [-0.25, -0.2) is 0 Å². The van der Waals surface area contributed by atoms with Crippen LogP contribution in [0, 0.1) is 13.8 Å². The second-order valence-electron chi connectivity index (χ2n) is 4.42. The van der Waals surface area contributed by atoms with Crippen molar-refractivity contribution in [2.24, 2.45) is 0 Å². The molecule has 0 aliphatic heterocycles. The Morgan fingerprint density at radius 3 is 2.11 bits per heavy atom. The van der Waals surface area contributed by atoms with E-state index in [2.05, 4.69) is 75.3 Å². The van der Waals surface area contributed by atoms with Gasteiger partial charge in [0, 0.05) is 0 Å². The van der Waals surface area contributed by atoms with Gasteiger partial charge in [0.05, 0.1) is 13.6 Å². The third kappa shape index (κ3) is 3.05. The molecule has 96 valence electrons. The highest BCUT2D eigenvalue weighted by Gasteiger charge is 2.17. The van der Waals surface area contributed by atoms with Crippen LogP contribution in [0.1, 0.15) is 28.3 Å². The highest BCUT2D eigenvalue weighted by molar-refractivity contribution is 9.12. The summed E-state index contributed by atoms with van der Waals surface area (Å²) >= 11 is 8.89. The van der Waals surface area contributed by atoms with Crippen LogP contribution in [0.4, 0.5) is 0 Å². The predicted molar refractivity (Wildman–Crippen MR) is 86.5 cm³/mol. The third-order valence-corrected chi connectivity index (χ3v) is 5.25. The SMILES string of the molecule is CNC(c1cc(C)cc(C)c1)c1cc(Br)sc1Br. The second kappa shape index (κ2) is 5.87. The number of hydrogen-bond donors (Lipinski definition) is 1. The standard InChI is InChI=1S/C14H15Br2NS/c1-8-4-9(2)6-10(5-8)13(17-3)11-7-12(15)18-14(11)16/h4-7,13,17H,1-3H3. The summed E-state index contributed by atoms with van der Waals surface area (Å²) < 4.78 is 2.32. The quantitative estimate of drug-likeness (QED) is 0.761. The van der Waals surface area contributed by atoms with Crippen molar-refractivity contribution in [2.75, 3.05) is 7.05 Å². The Kier molecular flexibility index (Phi) is 4.64. The van der Waals surface area contributed by atoms with Gasteiger partial charge in [0.1, 0.15) is 0 Å². The van der Waals surface area contributed by atoms with Crippen molar-refractivity contribution >= 4 is 43.2 Å². The first kappa shape index (κ1) is 14.3. The van der Waals surface area contributed by atoms with Crippen molar-refractivity contribution in [3.63, 3.8) is 0 Å². The molecule has 0 saturated carbocycles. The topological polar surface area (TPSA) is 12.0 Å². The van der Waals surface area contributed by atoms with Gasteiger partial charge in [-0.3, -0.25) is 0 Å². The highest BCUT2D eigenvalue weighted by Crippen LogP contribution is 2.38. The Morgan fingerprint density at radius 1 is 1.06 bits per heavy atom. The van der Waals surface area contributed by atoms with Gasteiger partial charge in [-0.1, -0.05) is 29.3 Å². The fourth-order valence-corrected chi connectivity index (χ4v) is 5.13. The van der Waals surface area contributed by atoms with E-state index in [-0.39, 0.29) is 6.04 Å². The first-order valence-electron chi connectivity index (χ1n) is 5.71. The fourth-order valence-electron chi connectivity index (χ4n) is 2.23. The summed E-state index contributed by atoms with van der Waals surface area (Å²) in [6, 6.07) is 9.08. The lowest BCUT2D eigenvalue weighted by Gasteiger charge is -2.17. The number of thiophene rings is 1. The average molecular weight is 389 g/mol. The normalized spacial score (nSPS) is 12.7. The Labute approximate surface area is 129 Å². The molecule has 1 atom stereocenters. The second-order valence-corrected chi connectivity index (χ2v) is 8.17. The molecule has 0 spiro atoms. The lowest BCUT2D eigenvalue weighted by molar-refractivity contribution is 0.690. The van der Waals surface area contributed by atoms with E-state index in [0.717, 1.165) is 3.79 Å². The molecule has 2 rings (SSSR count). The Morgan fingerprint density at radius 2 is 1.67 bits per heavy atom. The first-order valence-corrected chi connectivity index (χ1v) is 8.11. The maximum Gasteiger partial charge on any atom is 0.0761 e. The van der Waals surface area contributed by atoms with E-state index in [1.54, 1.807) is 11.3 Å². The minimum Gasteiger partial charge on any atom is -0.309 e. The molecule has 0 bridgehead atoms. The molecule has 0 saturated heterocycles. The summed E-state index contributed by atoms with van der Waals surface area (Å²) in [5.74, 6) is 0. The minimum atomic E-state index is 0.223. The number of aryl methyl sites for hydroxylation is 2. The van der Waals surface area contributed by atoms with E-state index in [0.29, 0.717) is 0 Å². The molecule has 0 radical (unpaired) electrons. The largest absolute Gasteiger partial charge is 0.309 e. The van der Waals surface area contributed by atoms with E-state index in [1.165, 1.54) is 26.0 Å². The zero-order chi connectivity index (χ0) is 13.3. The van der Waals surface area contributed by atoms with Gasteiger partial charge < -0.3 is 5.32 Å². The summed E-state index contributed by atoms with van der Waals surface area (Å²) in [6.07, 6.45) is 0. The molecule has 1 aromatic carbocycles. The summed E-state index contributed by atoms with van der Waals surface area (Å²) in [4.78, 5) is 0. The molecule has 18 heavy (non-hydrogen) atoms. The van der Waals surface area contributed by atoms with Crippen LogP contribution >= 0.6 is 43.2 Å². The lowest BCUT2D eigenvalue weighted by Crippen LogP contribution is -2.17. The van der Waals surface area contributed by atoms with Crippen molar-refractivity contribution < 1.29 is 0 Å². The Bertz CT molecular complexity index is 543. The molecular formula is C14H15Br2NS. The number of hydrogen-bond acceptors (Lipinski definition) is 2. The smallest absolute Gasteiger partial charge is 0.0761 e. The first-order chi connectivity index (χ1) is 8.51. The zero-order valence-electron chi connectivity index (χ0n) is 10.6. The molecule has 2 aromatic rings. The summed E-state index contributed by atoms with van der Waals surface area (Å²) in [6.45, 7) is 4.28. The molecule has 0 aliphatic carbocycles. The maximum atomic E-state index is 3.64. The molecule has 0 amide bonds. The number of halogens is 2. The lowest BCUT2D eigenvalue weighted by atomic mass is 9.97. The van der Waals surface area contributed by atoms with Gasteiger partial charge in [0.15, 0.2) is 0 Å². The van der Waals surface area contributed by atoms with Crippen LogP contribution in [0.3, 0.4) is 0 Å². The van der Waals surface area contributed by atoms with Crippen molar-refractivity contribution in [1.82, 2.24) is 5.32 Å². The summed E-state index contributed by atoms with van der Waals surface area (Å²) in [5, 5.41) is 3.40. The van der Waals surface area contributed by atoms with Gasteiger partial charge in [0.2, 0.25) is 0 Å². The minimum absolute atomic E-state index is 0.223. The number of benzene rings is 1. The van der Waals surface area contributed by atoms with E-state index in [4.69, 9.17) is 0 Å². The van der Waals surface area contributed by atoms with Crippen LogP contribution in [0.15, 0.2) is 31.8 Å². The van der Waals surface area contributed by atoms with Crippen LogP contribution in [0.25, 0.3) is 0 Å². The molecule has 1 unspecified atom stereocenters. The summed E-state index contributed by atoms with van der Waals surface area (Å²) in [7, 11) is 2.00. The molecule has 1 N–H and O–H groups in total. The zero-order valence-corrected chi connectivity index (χ0v) is 14.5. The monoisotopic (exact) mass is 387 g/mol. The van der Waals surface area contributed by atoms with Crippen LogP contribution < -0.4 is 5.32 Å². The molecule has 1 nitrogen and oxygen atoms in total. The highest BCUT2D eigenvalue weighted by atomic mass is 79.9. The Hall–Kier alpha value is -0.160. The third-order valence-electron chi connectivity index (χ3n) is 2.86. The van der Waals surface area contributed by atoms with Crippen LogP contribution in [0.2, 0.25) is 0 Å². The summed E-state index contributed by atoms with van der Waals surface area (Å²) in [5.41, 5.74) is 5.19. The average Bonchev–Trinajstić information content (AvgIpc) is 2.58.